The molecular weight excluding hydrogens is 726 g/mol. The molecule has 2 aliphatic rings. The topological polar surface area (TPSA) is 107 Å². The summed E-state index contributed by atoms with van der Waals surface area (Å²) in [5, 5.41) is 35.7. The van der Waals surface area contributed by atoms with E-state index in [-0.39, 0.29) is 48.7 Å². The van der Waals surface area contributed by atoms with Crippen molar-refractivity contribution in [3.63, 3.8) is 0 Å². The standard InChI is InChI=1S/C46H52ClNO6Si/c1-5-25-48-44(52)38-27-34(30-54-55(46(2,3)4,36-17-11-7-12-18-36)37-19-13-8-14-20-37)42(39(29-49)43(38)45(48)53)41(51)24-22-32(31-15-9-6-10-16-31)26-33-21-23-35(50)28-40(33)47/h6-21,23,26,28,38-39,41,43,49-51H,5,22,24-25,27,29-30H2,1-4H3/b32-26-/t38-,39+,41-,43-/m1/s1. The van der Waals surface area contributed by atoms with Crippen LogP contribution in [0.25, 0.3) is 11.6 Å². The number of aliphatic hydroxyl groups is 2. The van der Waals surface area contributed by atoms with Gasteiger partial charge in [-0.15, -0.1) is 0 Å². The molecule has 3 N–H and O–H groups in total. The maximum atomic E-state index is 13.9. The Morgan fingerprint density at radius 1 is 0.927 bits per heavy atom. The Balaban J connectivity index is 1.43. The lowest BCUT2D eigenvalue weighted by atomic mass is 9.68. The summed E-state index contributed by atoms with van der Waals surface area (Å²) < 4.78 is 7.39. The Morgan fingerprint density at radius 3 is 2.07 bits per heavy atom. The number of hydrogen-bond acceptors (Lipinski definition) is 6. The highest BCUT2D eigenvalue weighted by atomic mass is 35.5. The first-order valence-corrected chi connectivity index (χ1v) is 21.5. The third-order valence-corrected chi connectivity index (χ3v) is 16.6. The molecule has 1 aliphatic heterocycles. The van der Waals surface area contributed by atoms with Crippen LogP contribution in [0.1, 0.15) is 64.5 Å². The molecule has 1 heterocycles. The first-order chi connectivity index (χ1) is 26.4. The van der Waals surface area contributed by atoms with Gasteiger partial charge in [0.2, 0.25) is 11.8 Å². The number of phenols is 1. The molecule has 6 rings (SSSR count). The molecule has 1 saturated heterocycles. The Bertz CT molecular complexity index is 1990. The van der Waals surface area contributed by atoms with E-state index in [9.17, 15) is 24.9 Å². The summed E-state index contributed by atoms with van der Waals surface area (Å²) in [6, 6.07) is 35.3. The van der Waals surface area contributed by atoms with Crippen molar-refractivity contribution < 1.29 is 29.3 Å². The maximum absolute atomic E-state index is 13.9. The second-order valence-electron chi connectivity index (χ2n) is 15.8. The largest absolute Gasteiger partial charge is 0.508 e. The fourth-order valence-electron chi connectivity index (χ4n) is 8.78. The summed E-state index contributed by atoms with van der Waals surface area (Å²) in [5.41, 5.74) is 3.97. The third kappa shape index (κ3) is 8.16. The number of hydrogen-bond donors (Lipinski definition) is 3. The number of likely N-dealkylation sites (tertiary alicyclic amines) is 1. The van der Waals surface area contributed by atoms with Crippen LogP contribution < -0.4 is 10.4 Å². The zero-order valence-electron chi connectivity index (χ0n) is 32.1. The molecule has 9 heteroatoms. The predicted octanol–water partition coefficient (Wildman–Crippen LogP) is 7.62. The van der Waals surface area contributed by atoms with Crippen LogP contribution in [0.15, 0.2) is 120 Å². The van der Waals surface area contributed by atoms with Crippen LogP contribution in [0.2, 0.25) is 10.1 Å². The first-order valence-electron chi connectivity index (χ1n) is 19.3. The number of aromatic hydroxyl groups is 1. The molecule has 0 bridgehead atoms. The molecule has 7 nitrogen and oxygen atoms in total. The van der Waals surface area contributed by atoms with Gasteiger partial charge in [0.25, 0.3) is 8.32 Å². The average Bonchev–Trinajstić information content (AvgIpc) is 3.41. The normalized spacial score (nSPS) is 19.9. The number of allylic oxidation sites excluding steroid dienone is 1. The summed E-state index contributed by atoms with van der Waals surface area (Å²) in [5.74, 6) is -2.57. The predicted molar refractivity (Wildman–Crippen MR) is 222 cm³/mol. The Labute approximate surface area is 331 Å². The highest BCUT2D eigenvalue weighted by molar-refractivity contribution is 6.99. The molecule has 1 aliphatic carbocycles. The van der Waals surface area contributed by atoms with Crippen LogP contribution >= 0.6 is 11.6 Å². The highest BCUT2D eigenvalue weighted by Gasteiger charge is 2.56. The van der Waals surface area contributed by atoms with E-state index in [1.807, 2.05) is 79.7 Å². The lowest BCUT2D eigenvalue weighted by molar-refractivity contribution is -0.140. The van der Waals surface area contributed by atoms with Crippen LogP contribution in [0.5, 0.6) is 5.75 Å². The van der Waals surface area contributed by atoms with Gasteiger partial charge in [-0.25, -0.2) is 0 Å². The van der Waals surface area contributed by atoms with Gasteiger partial charge in [0, 0.05) is 12.5 Å². The van der Waals surface area contributed by atoms with Gasteiger partial charge >= 0.3 is 0 Å². The lowest BCUT2D eigenvalue weighted by Gasteiger charge is -2.44. The van der Waals surface area contributed by atoms with Crippen molar-refractivity contribution in [1.82, 2.24) is 4.90 Å². The smallest absolute Gasteiger partial charge is 0.261 e. The van der Waals surface area contributed by atoms with Gasteiger partial charge in [0.05, 0.1) is 36.2 Å². The molecule has 0 aromatic heterocycles. The number of nitrogens with zero attached hydrogens (tertiary/aromatic N) is 1. The lowest BCUT2D eigenvalue weighted by Crippen LogP contribution is -2.66. The number of amides is 2. The molecule has 4 aromatic carbocycles. The number of halogens is 1. The number of imide groups is 1. The fourth-order valence-corrected chi connectivity index (χ4v) is 13.6. The summed E-state index contributed by atoms with van der Waals surface area (Å²) in [6.45, 7) is 8.62. The molecule has 1 fully saturated rings. The second kappa shape index (κ2) is 17.2. The van der Waals surface area contributed by atoms with E-state index in [1.54, 1.807) is 12.1 Å². The minimum Gasteiger partial charge on any atom is -0.508 e. The zero-order valence-corrected chi connectivity index (χ0v) is 33.9. The molecule has 55 heavy (non-hydrogen) atoms. The van der Waals surface area contributed by atoms with Crippen molar-refractivity contribution in [2.45, 2.75) is 64.5 Å². The quantitative estimate of drug-likeness (QED) is 0.0527. The van der Waals surface area contributed by atoms with Gasteiger partial charge in [-0.3, -0.25) is 14.5 Å². The van der Waals surface area contributed by atoms with Gasteiger partial charge < -0.3 is 19.7 Å². The molecule has 0 unspecified atom stereocenters. The van der Waals surface area contributed by atoms with E-state index in [1.165, 1.54) is 11.0 Å². The summed E-state index contributed by atoms with van der Waals surface area (Å²) >= 11 is 6.54. The number of benzene rings is 4. The van der Waals surface area contributed by atoms with Crippen LogP contribution in [0.3, 0.4) is 0 Å². The Hall–Kier alpha value is -4.31. The van der Waals surface area contributed by atoms with Gasteiger partial charge in [-0.1, -0.05) is 130 Å². The van der Waals surface area contributed by atoms with E-state index < -0.39 is 32.2 Å². The zero-order chi connectivity index (χ0) is 39.3. The second-order valence-corrected chi connectivity index (χ2v) is 20.5. The van der Waals surface area contributed by atoms with E-state index in [0.29, 0.717) is 30.0 Å². The molecule has 2 amide bonds. The molecular formula is C46H52ClNO6Si. The van der Waals surface area contributed by atoms with Gasteiger partial charge in [0.1, 0.15) is 5.75 Å². The number of carbonyl (C=O) groups is 2. The van der Waals surface area contributed by atoms with Crippen LogP contribution in [0.4, 0.5) is 0 Å². The van der Waals surface area contributed by atoms with Gasteiger partial charge in [0.15, 0.2) is 0 Å². The number of phenolic OH excluding ortho intramolecular Hbond substituents is 1. The Kier molecular flexibility index (Phi) is 12.6. The van der Waals surface area contributed by atoms with Crippen LogP contribution in [0, 0.1) is 17.8 Å². The van der Waals surface area contributed by atoms with Crippen molar-refractivity contribution in [2.75, 3.05) is 19.8 Å². The highest BCUT2D eigenvalue weighted by Crippen LogP contribution is 2.47. The summed E-state index contributed by atoms with van der Waals surface area (Å²) in [7, 11) is -3.03. The molecule has 288 valence electrons. The summed E-state index contributed by atoms with van der Waals surface area (Å²) in [6.07, 6.45) is 2.54. The number of carbonyl (C=O) groups excluding carboxylic acids is 2. The third-order valence-electron chi connectivity index (χ3n) is 11.3. The van der Waals surface area contributed by atoms with Crippen molar-refractivity contribution in [1.29, 1.82) is 0 Å². The average molecular weight is 778 g/mol. The molecule has 0 radical (unpaired) electrons. The van der Waals surface area contributed by atoms with Crippen molar-refractivity contribution in [3.05, 3.63) is 136 Å². The van der Waals surface area contributed by atoms with Crippen molar-refractivity contribution in [3.8, 4) is 5.75 Å². The molecule has 0 saturated carbocycles. The number of aliphatic hydroxyl groups excluding tert-OH is 2. The van der Waals surface area contributed by atoms with E-state index >= 15 is 0 Å². The number of rotatable bonds is 14. The summed E-state index contributed by atoms with van der Waals surface area (Å²) in [4.78, 5) is 29.2. The monoisotopic (exact) mass is 777 g/mol. The van der Waals surface area contributed by atoms with Crippen LogP contribution in [-0.2, 0) is 14.0 Å². The minimum atomic E-state index is -3.03. The minimum absolute atomic E-state index is 0.0710. The number of fused-ring (bicyclic) bond motifs is 1. The maximum Gasteiger partial charge on any atom is 0.261 e. The molecule has 0 spiro atoms. The van der Waals surface area contributed by atoms with Gasteiger partial charge in [-0.05, 0) is 93.2 Å². The Morgan fingerprint density at radius 2 is 1.53 bits per heavy atom. The molecule has 4 atom stereocenters. The van der Waals surface area contributed by atoms with Crippen LogP contribution in [-0.4, -0.2) is 66.2 Å². The van der Waals surface area contributed by atoms with Crippen molar-refractivity contribution >= 4 is 53.8 Å². The van der Waals surface area contributed by atoms with Crippen molar-refractivity contribution in [2.24, 2.45) is 17.8 Å². The molecule has 4 aromatic rings. The first kappa shape index (κ1) is 40.4. The van der Waals surface area contributed by atoms with E-state index in [2.05, 4.69) is 45.0 Å². The van der Waals surface area contributed by atoms with E-state index in [0.717, 1.165) is 32.6 Å². The SMILES string of the molecule is CCCN1C(=O)[C@@H]2[C@@H](CC(CO[Si](c3ccccc3)(c3ccccc3)C(C)(C)C)=C([C@H](O)CC/C(=C/c3ccc(O)cc3Cl)c3ccccc3)[C@@H]2CO)C1=O. The van der Waals surface area contributed by atoms with Gasteiger partial charge in [-0.2, -0.15) is 0 Å². The van der Waals surface area contributed by atoms with E-state index in [4.69, 9.17) is 16.0 Å². The fraction of sp³-hybridized carbons (Fsp3) is 0.348.